The summed E-state index contributed by atoms with van der Waals surface area (Å²) in [5.74, 6) is -0.817. The van der Waals surface area contributed by atoms with Gasteiger partial charge >= 0.3 is 12.4 Å². The second-order valence-electron chi connectivity index (χ2n) is 6.59. The number of para-hydroxylation sites is 1. The average Bonchev–Trinajstić information content (AvgIpc) is 2.67. The van der Waals surface area contributed by atoms with Crippen LogP contribution in [-0.2, 0) is 11.3 Å². The molecule has 0 atom stereocenters. The molecule has 0 aromatic heterocycles. The first kappa shape index (κ1) is 21.8. The van der Waals surface area contributed by atoms with E-state index in [1.54, 1.807) is 15.9 Å². The van der Waals surface area contributed by atoms with Crippen molar-refractivity contribution in [1.82, 2.24) is 15.1 Å². The Bertz CT molecular complexity index is 670. The minimum absolute atomic E-state index is 0.0258. The highest BCUT2D eigenvalue weighted by molar-refractivity contribution is 5.79. The number of ether oxygens (including phenoxy) is 1. The molecule has 0 bridgehead atoms. The van der Waals surface area contributed by atoms with Crippen molar-refractivity contribution in [3.8, 4) is 5.75 Å². The number of benzene rings is 1. The lowest BCUT2D eigenvalue weighted by molar-refractivity contribution is -0.274. The summed E-state index contributed by atoms with van der Waals surface area (Å²) in [5, 5.41) is 2.68. The Balaban J connectivity index is 1.86. The van der Waals surface area contributed by atoms with E-state index in [1.807, 2.05) is 13.8 Å². The van der Waals surface area contributed by atoms with Gasteiger partial charge in [-0.15, -0.1) is 13.2 Å². The van der Waals surface area contributed by atoms with Gasteiger partial charge in [-0.1, -0.05) is 18.2 Å². The fourth-order valence-electron chi connectivity index (χ4n) is 3.23. The van der Waals surface area contributed by atoms with Gasteiger partial charge in [0, 0.05) is 44.2 Å². The van der Waals surface area contributed by atoms with Crippen LogP contribution in [0.2, 0.25) is 0 Å². The number of hydrogen-bond acceptors (Lipinski definition) is 3. The summed E-state index contributed by atoms with van der Waals surface area (Å²) in [7, 11) is 0. The molecule has 0 unspecified atom stereocenters. The first-order valence-corrected chi connectivity index (χ1v) is 9.40. The monoisotopic (exact) mass is 401 g/mol. The first-order valence-electron chi connectivity index (χ1n) is 9.40. The van der Waals surface area contributed by atoms with E-state index in [0.717, 1.165) is 0 Å². The molecular weight excluding hydrogens is 375 g/mol. The molecule has 1 aromatic rings. The molecule has 2 rings (SSSR count). The van der Waals surface area contributed by atoms with Crippen molar-refractivity contribution in [2.24, 2.45) is 5.92 Å². The number of alkyl halides is 3. The Morgan fingerprint density at radius 3 is 2.36 bits per heavy atom. The molecule has 6 nitrogen and oxygen atoms in total. The van der Waals surface area contributed by atoms with Crippen LogP contribution >= 0.6 is 0 Å². The number of rotatable bonds is 6. The summed E-state index contributed by atoms with van der Waals surface area (Å²) in [6.07, 6.45) is -3.73. The SMILES string of the molecule is CCN(CC)C(=O)N1CCC(C(=O)NCc2ccccc2OC(F)(F)F)CC1. The van der Waals surface area contributed by atoms with E-state index in [-0.39, 0.29) is 35.7 Å². The summed E-state index contributed by atoms with van der Waals surface area (Å²) in [6, 6.07) is 5.69. The maximum atomic E-state index is 12.5. The van der Waals surface area contributed by atoms with Crippen LogP contribution in [-0.4, -0.2) is 54.3 Å². The standard InChI is InChI=1S/C19H26F3N3O3/c1-3-24(4-2)18(27)25-11-9-14(10-12-25)17(26)23-13-15-7-5-6-8-16(15)28-19(20,21)22/h5-8,14H,3-4,9-13H2,1-2H3,(H,23,26). The molecule has 0 spiro atoms. The molecule has 9 heteroatoms. The van der Waals surface area contributed by atoms with Crippen molar-refractivity contribution in [3.05, 3.63) is 29.8 Å². The molecule has 0 aliphatic carbocycles. The zero-order valence-corrected chi connectivity index (χ0v) is 16.1. The highest BCUT2D eigenvalue weighted by Gasteiger charge is 2.32. The lowest BCUT2D eigenvalue weighted by Crippen LogP contribution is -2.48. The molecule has 1 N–H and O–H groups in total. The molecule has 0 saturated carbocycles. The van der Waals surface area contributed by atoms with Gasteiger partial charge in [0.25, 0.3) is 0 Å². The number of halogens is 3. The van der Waals surface area contributed by atoms with Crippen molar-refractivity contribution >= 4 is 11.9 Å². The molecule has 28 heavy (non-hydrogen) atoms. The van der Waals surface area contributed by atoms with Gasteiger partial charge < -0.3 is 19.9 Å². The number of nitrogens with zero attached hydrogens (tertiary/aromatic N) is 2. The van der Waals surface area contributed by atoms with E-state index < -0.39 is 6.36 Å². The summed E-state index contributed by atoms with van der Waals surface area (Å²) in [6.45, 7) is 6.03. The van der Waals surface area contributed by atoms with E-state index in [4.69, 9.17) is 0 Å². The van der Waals surface area contributed by atoms with E-state index in [2.05, 4.69) is 10.1 Å². The summed E-state index contributed by atoms with van der Waals surface area (Å²) in [5.41, 5.74) is 0.252. The predicted molar refractivity (Wildman–Crippen MR) is 97.6 cm³/mol. The van der Waals surface area contributed by atoms with Gasteiger partial charge in [0.15, 0.2) is 0 Å². The number of carbonyl (C=O) groups excluding carboxylic acids is 2. The van der Waals surface area contributed by atoms with E-state index in [1.165, 1.54) is 18.2 Å². The molecule has 1 fully saturated rings. The maximum absolute atomic E-state index is 12.5. The second-order valence-corrected chi connectivity index (χ2v) is 6.59. The lowest BCUT2D eigenvalue weighted by atomic mass is 9.96. The Morgan fingerprint density at radius 2 is 1.79 bits per heavy atom. The Hall–Kier alpha value is -2.45. The lowest BCUT2D eigenvalue weighted by Gasteiger charge is -2.34. The molecule has 156 valence electrons. The van der Waals surface area contributed by atoms with E-state index >= 15 is 0 Å². The molecule has 1 saturated heterocycles. The van der Waals surface area contributed by atoms with Crippen LogP contribution in [0.15, 0.2) is 24.3 Å². The second kappa shape index (κ2) is 9.66. The fourth-order valence-corrected chi connectivity index (χ4v) is 3.23. The highest BCUT2D eigenvalue weighted by atomic mass is 19.4. The molecule has 1 aromatic carbocycles. The third kappa shape index (κ3) is 6.03. The van der Waals surface area contributed by atoms with Crippen LogP contribution in [0.1, 0.15) is 32.3 Å². The summed E-state index contributed by atoms with van der Waals surface area (Å²) in [4.78, 5) is 28.2. The highest BCUT2D eigenvalue weighted by Crippen LogP contribution is 2.26. The third-order valence-electron chi connectivity index (χ3n) is 4.82. The fraction of sp³-hybridized carbons (Fsp3) is 0.579. The number of carbonyl (C=O) groups is 2. The summed E-state index contributed by atoms with van der Waals surface area (Å²) >= 11 is 0. The molecule has 3 amide bonds. The Kier molecular flexibility index (Phi) is 7.53. The Morgan fingerprint density at radius 1 is 1.18 bits per heavy atom. The van der Waals surface area contributed by atoms with Gasteiger partial charge in [-0.05, 0) is 32.8 Å². The zero-order chi connectivity index (χ0) is 20.7. The molecular formula is C19H26F3N3O3. The predicted octanol–water partition coefficient (Wildman–Crippen LogP) is 3.38. The topological polar surface area (TPSA) is 61.9 Å². The van der Waals surface area contributed by atoms with Gasteiger partial charge in [0.05, 0.1) is 0 Å². The van der Waals surface area contributed by atoms with Crippen molar-refractivity contribution in [1.29, 1.82) is 0 Å². The molecule has 1 heterocycles. The Labute approximate surface area is 162 Å². The van der Waals surface area contributed by atoms with Gasteiger partial charge in [0.2, 0.25) is 5.91 Å². The van der Waals surface area contributed by atoms with Crippen LogP contribution in [0.3, 0.4) is 0 Å². The third-order valence-corrected chi connectivity index (χ3v) is 4.82. The van der Waals surface area contributed by atoms with Crippen LogP contribution in [0, 0.1) is 5.92 Å². The number of likely N-dealkylation sites (tertiary alicyclic amines) is 1. The maximum Gasteiger partial charge on any atom is 0.573 e. The molecule has 1 aliphatic rings. The number of piperidine rings is 1. The van der Waals surface area contributed by atoms with Gasteiger partial charge in [-0.25, -0.2) is 4.79 Å². The number of urea groups is 1. The van der Waals surface area contributed by atoms with Crippen LogP contribution < -0.4 is 10.1 Å². The van der Waals surface area contributed by atoms with Crippen molar-refractivity contribution < 1.29 is 27.5 Å². The van der Waals surface area contributed by atoms with Crippen LogP contribution in [0.4, 0.5) is 18.0 Å². The molecule has 0 radical (unpaired) electrons. The smallest absolute Gasteiger partial charge is 0.405 e. The normalized spacial score (nSPS) is 15.2. The largest absolute Gasteiger partial charge is 0.573 e. The quantitative estimate of drug-likeness (QED) is 0.795. The average molecular weight is 401 g/mol. The number of hydrogen-bond donors (Lipinski definition) is 1. The zero-order valence-electron chi connectivity index (χ0n) is 16.1. The van der Waals surface area contributed by atoms with Crippen LogP contribution in [0.5, 0.6) is 5.75 Å². The van der Waals surface area contributed by atoms with Crippen molar-refractivity contribution in [3.63, 3.8) is 0 Å². The number of amides is 3. The minimum atomic E-state index is -4.79. The van der Waals surface area contributed by atoms with Crippen LogP contribution in [0.25, 0.3) is 0 Å². The molecule has 1 aliphatic heterocycles. The van der Waals surface area contributed by atoms with E-state index in [9.17, 15) is 22.8 Å². The number of nitrogens with one attached hydrogen (secondary N) is 1. The van der Waals surface area contributed by atoms with Gasteiger partial charge in [-0.3, -0.25) is 4.79 Å². The van der Waals surface area contributed by atoms with Gasteiger partial charge in [-0.2, -0.15) is 0 Å². The van der Waals surface area contributed by atoms with E-state index in [0.29, 0.717) is 39.0 Å². The first-order chi connectivity index (χ1) is 13.2. The van der Waals surface area contributed by atoms with Gasteiger partial charge in [0.1, 0.15) is 5.75 Å². The summed E-state index contributed by atoms with van der Waals surface area (Å²) < 4.78 is 41.4. The van der Waals surface area contributed by atoms with Crippen molar-refractivity contribution in [2.75, 3.05) is 26.2 Å². The van der Waals surface area contributed by atoms with Crippen molar-refractivity contribution in [2.45, 2.75) is 39.6 Å². The minimum Gasteiger partial charge on any atom is -0.405 e.